The Morgan fingerprint density at radius 1 is 1.35 bits per heavy atom. The van der Waals surface area contributed by atoms with Gasteiger partial charge < -0.3 is 15.5 Å². The quantitative estimate of drug-likeness (QED) is 0.552. The largest absolute Gasteiger partial charge is 0.356 e. The van der Waals surface area contributed by atoms with Gasteiger partial charge in [0.05, 0.1) is 0 Å². The van der Waals surface area contributed by atoms with Gasteiger partial charge in [0.2, 0.25) is 5.91 Å². The second-order valence-corrected chi connectivity index (χ2v) is 5.55. The van der Waals surface area contributed by atoms with Gasteiger partial charge in [0.25, 0.3) is 0 Å². The van der Waals surface area contributed by atoms with E-state index in [2.05, 4.69) is 27.4 Å². The first-order valence-electron chi connectivity index (χ1n) is 7.88. The lowest BCUT2D eigenvalue weighted by Gasteiger charge is -2.21. The van der Waals surface area contributed by atoms with Crippen LogP contribution in [0.5, 0.6) is 0 Å². The Hall–Kier alpha value is -1.26. The molecule has 0 aromatic carbocycles. The number of carbonyl (C=O) groups is 1. The molecule has 20 heavy (non-hydrogen) atoms. The smallest absolute Gasteiger partial charge is 0.221 e. The Bertz CT molecular complexity index is 311. The second-order valence-electron chi connectivity index (χ2n) is 5.55. The van der Waals surface area contributed by atoms with E-state index in [9.17, 15) is 4.79 Å². The minimum atomic E-state index is 0.149. The van der Waals surface area contributed by atoms with Crippen molar-refractivity contribution >= 4 is 11.9 Å². The summed E-state index contributed by atoms with van der Waals surface area (Å²) < 4.78 is 0. The highest BCUT2D eigenvalue weighted by Crippen LogP contribution is 2.17. The number of nitrogens with zero attached hydrogens (tertiary/aromatic N) is 2. The van der Waals surface area contributed by atoms with Gasteiger partial charge in [-0.05, 0) is 19.3 Å². The predicted octanol–water partition coefficient (Wildman–Crippen LogP) is 1.74. The lowest BCUT2D eigenvalue weighted by Crippen LogP contribution is -2.41. The summed E-state index contributed by atoms with van der Waals surface area (Å²) in [6, 6.07) is 0.411. The van der Waals surface area contributed by atoms with E-state index in [1.54, 1.807) is 7.05 Å². The highest BCUT2D eigenvalue weighted by molar-refractivity contribution is 5.81. The minimum absolute atomic E-state index is 0.149. The van der Waals surface area contributed by atoms with Crippen molar-refractivity contribution in [3.63, 3.8) is 0 Å². The molecule has 0 heterocycles. The molecule has 0 radical (unpaired) electrons. The molecule has 2 N–H and O–H groups in total. The fourth-order valence-corrected chi connectivity index (χ4v) is 2.54. The zero-order valence-corrected chi connectivity index (χ0v) is 13.2. The highest BCUT2D eigenvalue weighted by Gasteiger charge is 2.16. The van der Waals surface area contributed by atoms with Crippen LogP contribution in [0.3, 0.4) is 0 Å². The van der Waals surface area contributed by atoms with Gasteiger partial charge in [-0.3, -0.25) is 9.79 Å². The molecule has 0 atom stereocenters. The normalized spacial score (nSPS) is 16.2. The number of unbranched alkanes of at least 4 members (excludes halogenated alkanes) is 1. The van der Waals surface area contributed by atoms with Crippen molar-refractivity contribution in [1.29, 1.82) is 0 Å². The maximum absolute atomic E-state index is 11.8. The molecule has 0 saturated heterocycles. The Kier molecular flexibility index (Phi) is 8.07. The summed E-state index contributed by atoms with van der Waals surface area (Å²) in [5.41, 5.74) is 0. The Balaban J connectivity index is 2.18. The average Bonchev–Trinajstić information content (AvgIpc) is 2.93. The topological polar surface area (TPSA) is 56.7 Å². The summed E-state index contributed by atoms with van der Waals surface area (Å²) >= 11 is 0. The fourth-order valence-electron chi connectivity index (χ4n) is 2.54. The van der Waals surface area contributed by atoms with Crippen molar-refractivity contribution in [2.75, 3.05) is 27.2 Å². The Morgan fingerprint density at radius 3 is 2.65 bits per heavy atom. The van der Waals surface area contributed by atoms with E-state index in [0.717, 1.165) is 31.8 Å². The number of rotatable bonds is 7. The summed E-state index contributed by atoms with van der Waals surface area (Å²) in [5.74, 6) is 1.02. The van der Waals surface area contributed by atoms with Crippen LogP contribution in [0.15, 0.2) is 4.99 Å². The molecule has 0 unspecified atom stereocenters. The molecule has 0 bridgehead atoms. The van der Waals surface area contributed by atoms with Crippen LogP contribution in [0, 0.1) is 0 Å². The summed E-state index contributed by atoms with van der Waals surface area (Å²) in [7, 11) is 3.81. The SMILES string of the molecule is CCCCN(C)C(=NC)NCCC(=O)NC1CCCC1. The number of hydrogen-bond donors (Lipinski definition) is 2. The third-order valence-corrected chi connectivity index (χ3v) is 3.78. The molecule has 1 amide bonds. The van der Waals surface area contributed by atoms with Crippen LogP contribution >= 0.6 is 0 Å². The molecular formula is C15H30N4O. The summed E-state index contributed by atoms with van der Waals surface area (Å²) in [6.07, 6.45) is 7.61. The number of carbonyl (C=O) groups excluding carboxylic acids is 1. The molecule has 0 aromatic heterocycles. The van der Waals surface area contributed by atoms with Crippen molar-refractivity contribution in [1.82, 2.24) is 15.5 Å². The zero-order valence-electron chi connectivity index (χ0n) is 13.2. The van der Waals surface area contributed by atoms with Crippen molar-refractivity contribution in [3.8, 4) is 0 Å². The van der Waals surface area contributed by atoms with E-state index in [0.29, 0.717) is 19.0 Å². The highest BCUT2D eigenvalue weighted by atomic mass is 16.1. The first-order chi connectivity index (χ1) is 9.67. The monoisotopic (exact) mass is 282 g/mol. The van der Waals surface area contributed by atoms with E-state index in [-0.39, 0.29) is 5.91 Å². The van der Waals surface area contributed by atoms with Crippen LogP contribution in [0.2, 0.25) is 0 Å². The van der Waals surface area contributed by atoms with E-state index in [1.165, 1.54) is 19.3 Å². The van der Waals surface area contributed by atoms with Crippen molar-refractivity contribution in [2.45, 2.75) is 57.9 Å². The van der Waals surface area contributed by atoms with E-state index >= 15 is 0 Å². The average molecular weight is 282 g/mol. The standard InChI is InChI=1S/C15H30N4O/c1-4-5-12-19(3)15(16-2)17-11-10-14(20)18-13-8-6-7-9-13/h13H,4-12H2,1-3H3,(H,16,17)(H,18,20). The molecule has 0 spiro atoms. The molecule has 1 aliphatic carbocycles. The van der Waals surface area contributed by atoms with E-state index < -0.39 is 0 Å². The molecule has 1 fully saturated rings. The summed E-state index contributed by atoms with van der Waals surface area (Å²) in [4.78, 5) is 18.2. The summed E-state index contributed by atoms with van der Waals surface area (Å²) in [6.45, 7) is 3.81. The fraction of sp³-hybridized carbons (Fsp3) is 0.867. The molecule has 1 rings (SSSR count). The number of aliphatic imine (C=N–C) groups is 1. The molecule has 0 aromatic rings. The first kappa shape index (κ1) is 16.8. The van der Waals surface area contributed by atoms with Crippen LogP contribution in [-0.4, -0.2) is 50.0 Å². The zero-order chi connectivity index (χ0) is 14.8. The van der Waals surface area contributed by atoms with Crippen LogP contribution in [0.4, 0.5) is 0 Å². The lowest BCUT2D eigenvalue weighted by atomic mass is 10.2. The van der Waals surface area contributed by atoms with E-state index in [4.69, 9.17) is 0 Å². The number of nitrogens with one attached hydrogen (secondary N) is 2. The van der Waals surface area contributed by atoms with Crippen LogP contribution in [0.25, 0.3) is 0 Å². The van der Waals surface area contributed by atoms with Crippen LogP contribution < -0.4 is 10.6 Å². The molecule has 0 aliphatic heterocycles. The Labute approximate surface area is 123 Å². The van der Waals surface area contributed by atoms with Gasteiger partial charge in [-0.15, -0.1) is 0 Å². The Morgan fingerprint density at radius 2 is 2.05 bits per heavy atom. The van der Waals surface area contributed by atoms with Crippen molar-refractivity contribution in [3.05, 3.63) is 0 Å². The maximum Gasteiger partial charge on any atom is 0.221 e. The van der Waals surface area contributed by atoms with Gasteiger partial charge in [0, 0.05) is 39.6 Å². The number of amides is 1. The van der Waals surface area contributed by atoms with Crippen LogP contribution in [0.1, 0.15) is 51.9 Å². The van der Waals surface area contributed by atoms with Gasteiger partial charge in [-0.1, -0.05) is 26.2 Å². The third kappa shape index (κ3) is 6.26. The lowest BCUT2D eigenvalue weighted by molar-refractivity contribution is -0.121. The van der Waals surface area contributed by atoms with Gasteiger partial charge >= 0.3 is 0 Å². The van der Waals surface area contributed by atoms with Crippen molar-refractivity contribution in [2.24, 2.45) is 4.99 Å². The van der Waals surface area contributed by atoms with Gasteiger partial charge in [0.1, 0.15) is 0 Å². The summed E-state index contributed by atoms with van der Waals surface area (Å²) in [5, 5.41) is 6.35. The predicted molar refractivity (Wildman–Crippen MR) is 83.9 cm³/mol. The molecule has 1 saturated carbocycles. The molecule has 1 aliphatic rings. The van der Waals surface area contributed by atoms with Gasteiger partial charge in [-0.2, -0.15) is 0 Å². The third-order valence-electron chi connectivity index (χ3n) is 3.78. The molecular weight excluding hydrogens is 252 g/mol. The van der Waals surface area contributed by atoms with Crippen molar-refractivity contribution < 1.29 is 4.79 Å². The molecule has 5 nitrogen and oxygen atoms in total. The minimum Gasteiger partial charge on any atom is -0.356 e. The first-order valence-corrected chi connectivity index (χ1v) is 7.88. The van der Waals surface area contributed by atoms with Gasteiger partial charge in [0.15, 0.2) is 5.96 Å². The number of hydrogen-bond acceptors (Lipinski definition) is 2. The second kappa shape index (κ2) is 9.61. The molecule has 5 heteroatoms. The number of guanidine groups is 1. The van der Waals surface area contributed by atoms with Crippen LogP contribution in [-0.2, 0) is 4.79 Å². The van der Waals surface area contributed by atoms with Gasteiger partial charge in [-0.25, -0.2) is 0 Å². The molecule has 116 valence electrons. The van der Waals surface area contributed by atoms with E-state index in [1.807, 2.05) is 7.05 Å². The maximum atomic E-state index is 11.8.